The third-order valence-electron chi connectivity index (χ3n) is 3.78. The molecule has 1 N–H and O–H groups in total. The van der Waals surface area contributed by atoms with Gasteiger partial charge in [-0.15, -0.1) is 0 Å². The van der Waals surface area contributed by atoms with Gasteiger partial charge in [-0.1, -0.05) is 0 Å². The van der Waals surface area contributed by atoms with Crippen LogP contribution in [0.15, 0.2) is 12.4 Å². The summed E-state index contributed by atoms with van der Waals surface area (Å²) in [6.07, 6.45) is 7.35. The fourth-order valence-electron chi connectivity index (χ4n) is 2.80. The Morgan fingerprint density at radius 1 is 1.42 bits per heavy atom. The predicted octanol–water partition coefficient (Wildman–Crippen LogP) is 1.78. The Balaban J connectivity index is 2.04. The lowest BCUT2D eigenvalue weighted by atomic mass is 9.92. The first-order valence-electron chi connectivity index (χ1n) is 6.72. The van der Waals surface area contributed by atoms with Crippen molar-refractivity contribution in [3.05, 3.63) is 29.3 Å². The Labute approximate surface area is 113 Å². The van der Waals surface area contributed by atoms with Crippen LogP contribution in [0.5, 0.6) is 0 Å². The highest BCUT2D eigenvalue weighted by molar-refractivity contribution is 5.57. The zero-order valence-electron chi connectivity index (χ0n) is 11.6. The molecule has 0 radical (unpaired) electrons. The van der Waals surface area contributed by atoms with E-state index < -0.39 is 0 Å². The van der Waals surface area contributed by atoms with Crippen LogP contribution in [0.1, 0.15) is 35.8 Å². The lowest BCUT2D eigenvalue weighted by Gasteiger charge is -2.24. The standard InChI is InChI=1S/C14H19N5/c1-9-11(8-19(3)18-9)14-16-7-10-12(15-2)5-4-6-13(10)17-14/h7-8,12,15H,4-6H2,1-3H3. The molecule has 5 heteroatoms. The van der Waals surface area contributed by atoms with Crippen LogP contribution in [0.3, 0.4) is 0 Å². The second-order valence-electron chi connectivity index (χ2n) is 5.13. The molecular formula is C14H19N5. The Morgan fingerprint density at radius 3 is 2.95 bits per heavy atom. The van der Waals surface area contributed by atoms with Gasteiger partial charge in [0.25, 0.3) is 0 Å². The van der Waals surface area contributed by atoms with E-state index in [2.05, 4.69) is 15.4 Å². The summed E-state index contributed by atoms with van der Waals surface area (Å²) in [4.78, 5) is 9.28. The maximum atomic E-state index is 4.75. The second kappa shape index (κ2) is 4.74. The van der Waals surface area contributed by atoms with Gasteiger partial charge >= 0.3 is 0 Å². The molecule has 0 fully saturated rings. The van der Waals surface area contributed by atoms with Crippen molar-refractivity contribution in [1.29, 1.82) is 0 Å². The molecule has 2 aromatic rings. The molecule has 5 nitrogen and oxygen atoms in total. The van der Waals surface area contributed by atoms with E-state index in [0.717, 1.165) is 29.9 Å². The Bertz CT molecular complexity index is 602. The minimum Gasteiger partial charge on any atom is -0.313 e. The lowest BCUT2D eigenvalue weighted by molar-refractivity contribution is 0.488. The number of aryl methyl sites for hydroxylation is 3. The summed E-state index contributed by atoms with van der Waals surface area (Å²) in [6, 6.07) is 0.396. The summed E-state index contributed by atoms with van der Waals surface area (Å²) in [7, 11) is 3.92. The van der Waals surface area contributed by atoms with Crippen LogP contribution in [0.4, 0.5) is 0 Å². The van der Waals surface area contributed by atoms with Gasteiger partial charge < -0.3 is 5.32 Å². The van der Waals surface area contributed by atoms with E-state index in [1.165, 1.54) is 17.7 Å². The van der Waals surface area contributed by atoms with Crippen LogP contribution in [0.2, 0.25) is 0 Å². The smallest absolute Gasteiger partial charge is 0.162 e. The first-order chi connectivity index (χ1) is 9.19. The van der Waals surface area contributed by atoms with Crippen molar-refractivity contribution in [3.63, 3.8) is 0 Å². The lowest BCUT2D eigenvalue weighted by Crippen LogP contribution is -2.22. The normalized spacial score (nSPS) is 18.4. The molecule has 1 aliphatic carbocycles. The number of nitrogens with one attached hydrogen (secondary N) is 1. The minimum atomic E-state index is 0.396. The quantitative estimate of drug-likeness (QED) is 0.891. The van der Waals surface area contributed by atoms with Crippen LogP contribution in [-0.2, 0) is 13.5 Å². The highest BCUT2D eigenvalue weighted by atomic mass is 15.3. The fraction of sp³-hybridized carbons (Fsp3) is 0.500. The summed E-state index contributed by atoms with van der Waals surface area (Å²) >= 11 is 0. The van der Waals surface area contributed by atoms with Crippen molar-refractivity contribution in [2.75, 3.05) is 7.05 Å². The van der Waals surface area contributed by atoms with Crippen molar-refractivity contribution in [2.24, 2.45) is 7.05 Å². The molecule has 1 unspecified atom stereocenters. The van der Waals surface area contributed by atoms with Crippen LogP contribution < -0.4 is 5.32 Å². The molecule has 1 atom stereocenters. The van der Waals surface area contributed by atoms with Gasteiger partial charge in [-0.2, -0.15) is 5.10 Å². The van der Waals surface area contributed by atoms with Gasteiger partial charge in [0.1, 0.15) is 0 Å². The van der Waals surface area contributed by atoms with Crippen LogP contribution in [0, 0.1) is 6.92 Å². The van der Waals surface area contributed by atoms with E-state index in [1.54, 1.807) is 0 Å². The van der Waals surface area contributed by atoms with E-state index in [1.807, 2.05) is 38.1 Å². The molecule has 2 heterocycles. The van der Waals surface area contributed by atoms with Crippen molar-refractivity contribution in [3.8, 4) is 11.4 Å². The zero-order chi connectivity index (χ0) is 13.4. The average molecular weight is 257 g/mol. The Kier molecular flexibility index (Phi) is 3.06. The van der Waals surface area contributed by atoms with Gasteiger partial charge in [-0.25, -0.2) is 9.97 Å². The summed E-state index contributed by atoms with van der Waals surface area (Å²) in [5.74, 6) is 0.793. The molecule has 1 aliphatic rings. The second-order valence-corrected chi connectivity index (χ2v) is 5.13. The van der Waals surface area contributed by atoms with E-state index >= 15 is 0 Å². The van der Waals surface area contributed by atoms with Crippen LogP contribution in [0.25, 0.3) is 11.4 Å². The number of fused-ring (bicyclic) bond motifs is 1. The average Bonchev–Trinajstić information content (AvgIpc) is 2.76. The van der Waals surface area contributed by atoms with E-state index in [9.17, 15) is 0 Å². The van der Waals surface area contributed by atoms with E-state index in [0.29, 0.717) is 6.04 Å². The van der Waals surface area contributed by atoms with Gasteiger partial charge in [0.15, 0.2) is 5.82 Å². The molecule has 0 saturated carbocycles. The maximum Gasteiger partial charge on any atom is 0.162 e. The molecule has 0 amide bonds. The van der Waals surface area contributed by atoms with Crippen molar-refractivity contribution >= 4 is 0 Å². The number of hydrogen-bond acceptors (Lipinski definition) is 4. The summed E-state index contributed by atoms with van der Waals surface area (Å²) < 4.78 is 1.81. The number of rotatable bonds is 2. The van der Waals surface area contributed by atoms with Crippen molar-refractivity contribution < 1.29 is 0 Å². The summed E-state index contributed by atoms with van der Waals surface area (Å²) in [6.45, 7) is 1.99. The number of hydrogen-bond donors (Lipinski definition) is 1. The SMILES string of the molecule is CNC1CCCc2nc(-c3cn(C)nc3C)ncc21. The summed E-state index contributed by atoms with van der Waals surface area (Å²) in [5, 5.41) is 7.69. The zero-order valence-corrected chi connectivity index (χ0v) is 11.6. The predicted molar refractivity (Wildman–Crippen MR) is 73.7 cm³/mol. The fourth-order valence-corrected chi connectivity index (χ4v) is 2.80. The van der Waals surface area contributed by atoms with Crippen LogP contribution in [-0.4, -0.2) is 26.8 Å². The molecular weight excluding hydrogens is 238 g/mol. The van der Waals surface area contributed by atoms with Gasteiger partial charge in [0, 0.05) is 36.7 Å². The molecule has 2 aromatic heterocycles. The highest BCUT2D eigenvalue weighted by Gasteiger charge is 2.21. The number of nitrogens with zero attached hydrogens (tertiary/aromatic N) is 4. The molecule has 0 aromatic carbocycles. The van der Waals surface area contributed by atoms with Crippen molar-refractivity contribution in [1.82, 2.24) is 25.1 Å². The molecule has 3 rings (SSSR count). The number of aromatic nitrogens is 4. The largest absolute Gasteiger partial charge is 0.313 e. The molecule has 0 spiro atoms. The molecule has 19 heavy (non-hydrogen) atoms. The first-order valence-corrected chi connectivity index (χ1v) is 6.72. The van der Waals surface area contributed by atoms with Gasteiger partial charge in [-0.3, -0.25) is 4.68 Å². The van der Waals surface area contributed by atoms with Crippen LogP contribution >= 0.6 is 0 Å². The van der Waals surface area contributed by atoms with Gasteiger partial charge in [0.05, 0.1) is 11.3 Å². The van der Waals surface area contributed by atoms with E-state index in [-0.39, 0.29) is 0 Å². The summed E-state index contributed by atoms with van der Waals surface area (Å²) in [5.41, 5.74) is 4.43. The van der Waals surface area contributed by atoms with Crippen molar-refractivity contribution in [2.45, 2.75) is 32.2 Å². The van der Waals surface area contributed by atoms with Gasteiger partial charge in [0.2, 0.25) is 0 Å². The monoisotopic (exact) mass is 257 g/mol. The molecule has 100 valence electrons. The molecule has 0 bridgehead atoms. The third kappa shape index (κ3) is 2.14. The third-order valence-corrected chi connectivity index (χ3v) is 3.78. The topological polar surface area (TPSA) is 55.6 Å². The highest BCUT2D eigenvalue weighted by Crippen LogP contribution is 2.29. The Hall–Kier alpha value is -1.75. The maximum absolute atomic E-state index is 4.75. The molecule has 0 saturated heterocycles. The van der Waals surface area contributed by atoms with E-state index in [4.69, 9.17) is 4.98 Å². The first kappa shape index (κ1) is 12.3. The minimum absolute atomic E-state index is 0.396. The van der Waals surface area contributed by atoms with Gasteiger partial charge in [-0.05, 0) is 33.2 Å². The Morgan fingerprint density at radius 2 is 2.26 bits per heavy atom. The molecule has 0 aliphatic heterocycles.